The van der Waals surface area contributed by atoms with E-state index < -0.39 is 0 Å². The van der Waals surface area contributed by atoms with Crippen LogP contribution in [0.25, 0.3) is 0 Å². The van der Waals surface area contributed by atoms with Gasteiger partial charge in [0.05, 0.1) is 5.54 Å². The second-order valence-electron chi connectivity index (χ2n) is 5.54. The Hall–Kier alpha value is -1.55. The summed E-state index contributed by atoms with van der Waals surface area (Å²) in [5, 5.41) is 2.88. The summed E-state index contributed by atoms with van der Waals surface area (Å²) in [6, 6.07) is 7.71. The van der Waals surface area contributed by atoms with Crippen molar-refractivity contribution in [3.05, 3.63) is 29.8 Å². The van der Waals surface area contributed by atoms with Crippen molar-refractivity contribution >= 4 is 11.7 Å². The van der Waals surface area contributed by atoms with Gasteiger partial charge in [0.1, 0.15) is 0 Å². The molecule has 0 saturated carbocycles. The van der Waals surface area contributed by atoms with E-state index >= 15 is 0 Å². The first-order valence-corrected chi connectivity index (χ1v) is 6.32. The second kappa shape index (κ2) is 4.61. The van der Waals surface area contributed by atoms with Crippen LogP contribution in [0.5, 0.6) is 0 Å². The first-order valence-electron chi connectivity index (χ1n) is 6.32. The minimum absolute atomic E-state index is 0.0689. The Morgan fingerprint density at radius 2 is 1.89 bits per heavy atom. The minimum Gasteiger partial charge on any atom is -0.322 e. The summed E-state index contributed by atoms with van der Waals surface area (Å²) in [4.78, 5) is 13.7. The molecule has 1 heterocycles. The Balaban J connectivity index is 1.89. The highest BCUT2D eigenvalue weighted by Gasteiger charge is 2.44. The van der Waals surface area contributed by atoms with Gasteiger partial charge in [0.25, 0.3) is 0 Å². The summed E-state index contributed by atoms with van der Waals surface area (Å²) in [6.45, 7) is 7.46. The van der Waals surface area contributed by atoms with Crippen molar-refractivity contribution in [2.24, 2.45) is 11.7 Å². The zero-order valence-electron chi connectivity index (χ0n) is 11.2. The van der Waals surface area contributed by atoms with Crippen LogP contribution in [-0.2, 0) is 0 Å². The van der Waals surface area contributed by atoms with Crippen molar-refractivity contribution in [1.29, 1.82) is 0 Å². The highest BCUT2D eigenvalue weighted by molar-refractivity contribution is 5.90. The number of nitrogens with one attached hydrogen (secondary N) is 1. The van der Waals surface area contributed by atoms with Crippen LogP contribution in [0.3, 0.4) is 0 Å². The molecule has 1 fully saturated rings. The van der Waals surface area contributed by atoms with E-state index in [9.17, 15) is 4.79 Å². The van der Waals surface area contributed by atoms with Crippen molar-refractivity contribution in [3.63, 3.8) is 0 Å². The average molecular weight is 247 g/mol. The number of aryl methyl sites for hydroxylation is 1. The van der Waals surface area contributed by atoms with Gasteiger partial charge in [-0.1, -0.05) is 31.5 Å². The number of carbonyl (C=O) groups is 1. The molecule has 0 atom stereocenters. The molecular formula is C14H21N3O. The number of likely N-dealkylation sites (tertiary alicyclic amines) is 1. The Morgan fingerprint density at radius 1 is 1.33 bits per heavy atom. The molecule has 98 valence electrons. The van der Waals surface area contributed by atoms with E-state index in [1.54, 1.807) is 4.90 Å². The lowest BCUT2D eigenvalue weighted by atomic mass is 9.80. The van der Waals surface area contributed by atoms with Crippen molar-refractivity contribution in [2.45, 2.75) is 26.3 Å². The Kier molecular flexibility index (Phi) is 3.30. The van der Waals surface area contributed by atoms with Crippen molar-refractivity contribution < 1.29 is 4.79 Å². The highest BCUT2D eigenvalue weighted by Crippen LogP contribution is 2.26. The molecule has 1 aromatic rings. The number of anilines is 1. The molecule has 0 bridgehead atoms. The predicted octanol–water partition coefficient (Wildman–Crippen LogP) is 2.20. The second-order valence-corrected chi connectivity index (χ2v) is 5.54. The number of carbonyl (C=O) groups excluding carboxylic acids is 1. The quantitative estimate of drug-likeness (QED) is 0.841. The number of rotatable bonds is 2. The number of nitrogens with two attached hydrogens (primary N) is 1. The fraction of sp³-hybridized carbons (Fsp3) is 0.500. The minimum atomic E-state index is -0.218. The maximum absolute atomic E-state index is 11.9. The van der Waals surface area contributed by atoms with E-state index in [1.807, 2.05) is 31.2 Å². The lowest BCUT2D eigenvalue weighted by Gasteiger charge is -2.50. The molecule has 0 spiro atoms. The molecule has 1 saturated heterocycles. The van der Waals surface area contributed by atoms with Crippen LogP contribution >= 0.6 is 0 Å². The zero-order chi connectivity index (χ0) is 13.3. The smallest absolute Gasteiger partial charge is 0.321 e. The zero-order valence-corrected chi connectivity index (χ0v) is 11.2. The van der Waals surface area contributed by atoms with E-state index in [0.717, 1.165) is 5.69 Å². The third-order valence-electron chi connectivity index (χ3n) is 3.71. The van der Waals surface area contributed by atoms with Crippen LogP contribution < -0.4 is 11.1 Å². The molecule has 0 unspecified atom stereocenters. The normalized spacial score (nSPS) is 17.5. The molecule has 3 N–H and O–H groups in total. The summed E-state index contributed by atoms with van der Waals surface area (Å²) < 4.78 is 0. The molecule has 0 aliphatic carbocycles. The van der Waals surface area contributed by atoms with Crippen molar-refractivity contribution in [1.82, 2.24) is 4.90 Å². The van der Waals surface area contributed by atoms with Gasteiger partial charge < -0.3 is 16.0 Å². The molecular weight excluding hydrogens is 226 g/mol. The molecule has 1 aliphatic rings. The van der Waals surface area contributed by atoms with Gasteiger partial charge in [-0.2, -0.15) is 0 Å². The van der Waals surface area contributed by atoms with Crippen LogP contribution in [0.4, 0.5) is 10.5 Å². The largest absolute Gasteiger partial charge is 0.322 e. The number of hydrogen-bond donors (Lipinski definition) is 2. The van der Waals surface area contributed by atoms with E-state index in [2.05, 4.69) is 19.2 Å². The summed E-state index contributed by atoms with van der Waals surface area (Å²) in [6.07, 6.45) is 0. The van der Waals surface area contributed by atoms with Crippen LogP contribution in [-0.4, -0.2) is 29.6 Å². The molecule has 1 aliphatic heterocycles. The number of urea groups is 1. The molecule has 4 nitrogen and oxygen atoms in total. The fourth-order valence-corrected chi connectivity index (χ4v) is 2.01. The summed E-state index contributed by atoms with van der Waals surface area (Å²) in [5.41, 5.74) is 7.95. The van der Waals surface area contributed by atoms with E-state index in [4.69, 9.17) is 5.73 Å². The van der Waals surface area contributed by atoms with E-state index in [0.29, 0.717) is 19.0 Å². The Labute approximate surface area is 108 Å². The topological polar surface area (TPSA) is 58.4 Å². The van der Waals surface area contributed by atoms with Gasteiger partial charge in [-0.3, -0.25) is 0 Å². The van der Waals surface area contributed by atoms with E-state index in [-0.39, 0.29) is 11.6 Å². The van der Waals surface area contributed by atoms with Gasteiger partial charge in [-0.15, -0.1) is 0 Å². The standard InChI is InChI=1S/C14H21N3O/c1-10(2)14(15)8-17(9-14)13(18)16-12-6-4-11(3)5-7-12/h4-7,10H,8-9,15H2,1-3H3,(H,16,18). The van der Waals surface area contributed by atoms with Crippen LogP contribution in [0.2, 0.25) is 0 Å². The molecule has 18 heavy (non-hydrogen) atoms. The van der Waals surface area contributed by atoms with Crippen LogP contribution in [0.15, 0.2) is 24.3 Å². The van der Waals surface area contributed by atoms with Gasteiger partial charge in [0.15, 0.2) is 0 Å². The SMILES string of the molecule is Cc1ccc(NC(=O)N2CC(N)(C(C)C)C2)cc1. The predicted molar refractivity (Wildman–Crippen MR) is 73.5 cm³/mol. The van der Waals surface area contributed by atoms with Gasteiger partial charge in [0, 0.05) is 18.8 Å². The summed E-state index contributed by atoms with van der Waals surface area (Å²) >= 11 is 0. The molecule has 2 rings (SSSR count). The monoisotopic (exact) mass is 247 g/mol. The number of nitrogens with zero attached hydrogens (tertiary/aromatic N) is 1. The summed E-state index contributed by atoms with van der Waals surface area (Å²) in [5.74, 6) is 0.390. The Bertz CT molecular complexity index is 433. The lowest BCUT2D eigenvalue weighted by Crippen LogP contribution is -2.71. The first kappa shape index (κ1) is 12.9. The van der Waals surface area contributed by atoms with Gasteiger partial charge in [0.2, 0.25) is 0 Å². The maximum Gasteiger partial charge on any atom is 0.321 e. The maximum atomic E-state index is 11.9. The Morgan fingerprint density at radius 3 is 2.39 bits per heavy atom. The fourth-order valence-electron chi connectivity index (χ4n) is 2.01. The number of hydrogen-bond acceptors (Lipinski definition) is 2. The van der Waals surface area contributed by atoms with Crippen LogP contribution in [0.1, 0.15) is 19.4 Å². The number of amides is 2. The van der Waals surface area contributed by atoms with E-state index in [1.165, 1.54) is 5.56 Å². The molecule has 0 aromatic heterocycles. The molecule has 2 amide bonds. The van der Waals surface area contributed by atoms with Crippen LogP contribution in [0, 0.1) is 12.8 Å². The summed E-state index contributed by atoms with van der Waals surface area (Å²) in [7, 11) is 0. The third-order valence-corrected chi connectivity index (χ3v) is 3.71. The molecule has 1 aromatic carbocycles. The van der Waals surface area contributed by atoms with Crippen molar-refractivity contribution in [3.8, 4) is 0 Å². The van der Waals surface area contributed by atoms with Gasteiger partial charge in [-0.05, 0) is 25.0 Å². The average Bonchev–Trinajstić information content (AvgIpc) is 2.27. The number of benzene rings is 1. The van der Waals surface area contributed by atoms with Gasteiger partial charge >= 0.3 is 6.03 Å². The molecule has 4 heteroatoms. The first-order chi connectivity index (χ1) is 8.40. The van der Waals surface area contributed by atoms with Gasteiger partial charge in [-0.25, -0.2) is 4.79 Å². The third kappa shape index (κ3) is 2.48. The highest BCUT2D eigenvalue weighted by atomic mass is 16.2. The van der Waals surface area contributed by atoms with Crippen molar-refractivity contribution in [2.75, 3.05) is 18.4 Å². The molecule has 0 radical (unpaired) electrons. The lowest BCUT2D eigenvalue weighted by molar-refractivity contribution is 0.0721.